The maximum Gasteiger partial charge on any atom is 0.186 e. The van der Waals surface area contributed by atoms with Gasteiger partial charge < -0.3 is 10.6 Å². The number of nitrogens with one attached hydrogen (secondary N) is 4. The van der Waals surface area contributed by atoms with Crippen LogP contribution in [0.25, 0.3) is 0 Å². The van der Waals surface area contributed by atoms with Gasteiger partial charge in [-0.25, -0.2) is 0 Å². The average Bonchev–Trinajstić information content (AvgIpc) is 2.31. The first-order chi connectivity index (χ1) is 7.51. The Balaban J connectivity index is 4.30. The molecule has 6 nitrogen and oxygen atoms in total. The van der Waals surface area contributed by atoms with Crippen molar-refractivity contribution in [2.24, 2.45) is 10.2 Å². The van der Waals surface area contributed by atoms with Crippen molar-refractivity contribution in [2.45, 2.75) is 13.8 Å². The summed E-state index contributed by atoms with van der Waals surface area (Å²) in [5.74, 6) is 0. The van der Waals surface area contributed by atoms with Gasteiger partial charge in [0.05, 0.1) is 11.4 Å². The Hall–Kier alpha value is -1.28. The quantitative estimate of drug-likeness (QED) is 0.323. The highest BCUT2D eigenvalue weighted by Gasteiger charge is 1.97. The van der Waals surface area contributed by atoms with Crippen LogP contribution in [0.3, 0.4) is 0 Å². The Bertz CT molecular complexity index is 290. The van der Waals surface area contributed by atoms with Gasteiger partial charge in [-0.05, 0) is 38.3 Å². The van der Waals surface area contributed by atoms with E-state index in [1.807, 2.05) is 13.8 Å². The van der Waals surface area contributed by atoms with E-state index in [0.29, 0.717) is 21.6 Å². The first kappa shape index (κ1) is 14.7. The van der Waals surface area contributed by atoms with E-state index in [9.17, 15) is 0 Å². The molecule has 0 fully saturated rings. The Morgan fingerprint density at radius 3 is 1.38 bits per heavy atom. The first-order valence-electron chi connectivity index (χ1n) is 4.55. The van der Waals surface area contributed by atoms with Crippen molar-refractivity contribution in [3.05, 3.63) is 0 Å². The minimum absolute atomic E-state index is 0.450. The van der Waals surface area contributed by atoms with Crippen LogP contribution in [0, 0.1) is 0 Å². The summed E-state index contributed by atoms with van der Waals surface area (Å²) in [6.45, 7) is 3.63. The molecule has 0 saturated carbocycles. The van der Waals surface area contributed by atoms with E-state index in [4.69, 9.17) is 24.4 Å². The molecule has 4 N–H and O–H groups in total. The number of hydrogen-bond donors (Lipinski definition) is 4. The van der Waals surface area contributed by atoms with Gasteiger partial charge in [-0.1, -0.05) is 0 Å². The van der Waals surface area contributed by atoms with Gasteiger partial charge in [0.25, 0.3) is 0 Å². The van der Waals surface area contributed by atoms with E-state index >= 15 is 0 Å². The highest BCUT2D eigenvalue weighted by Crippen LogP contribution is 1.82. The summed E-state index contributed by atoms with van der Waals surface area (Å²) in [5.41, 5.74) is 6.76. The summed E-state index contributed by atoms with van der Waals surface area (Å²) < 4.78 is 0. The molecule has 0 rings (SSSR count). The summed E-state index contributed by atoms with van der Waals surface area (Å²) >= 11 is 9.74. The third kappa shape index (κ3) is 6.25. The van der Waals surface area contributed by atoms with Crippen LogP contribution in [-0.4, -0.2) is 35.7 Å². The number of nitrogens with zero attached hydrogens (tertiary/aromatic N) is 2. The lowest BCUT2D eigenvalue weighted by Crippen LogP contribution is -2.31. The van der Waals surface area contributed by atoms with Crippen LogP contribution in [0.15, 0.2) is 10.2 Å². The maximum absolute atomic E-state index is 4.87. The van der Waals surface area contributed by atoms with Crippen LogP contribution in [0.4, 0.5) is 0 Å². The minimum atomic E-state index is 0.450. The van der Waals surface area contributed by atoms with Gasteiger partial charge in [-0.15, -0.1) is 0 Å². The summed E-state index contributed by atoms with van der Waals surface area (Å²) in [7, 11) is 3.43. The second kappa shape index (κ2) is 7.94. The van der Waals surface area contributed by atoms with Crippen LogP contribution < -0.4 is 21.5 Å². The van der Waals surface area contributed by atoms with E-state index in [-0.39, 0.29) is 0 Å². The van der Waals surface area contributed by atoms with Crippen molar-refractivity contribution in [3.63, 3.8) is 0 Å². The summed E-state index contributed by atoms with van der Waals surface area (Å²) in [6.07, 6.45) is 0. The fourth-order valence-corrected chi connectivity index (χ4v) is 0.634. The van der Waals surface area contributed by atoms with Gasteiger partial charge in [0.2, 0.25) is 0 Å². The van der Waals surface area contributed by atoms with Crippen LogP contribution in [-0.2, 0) is 0 Å². The molecule has 0 heterocycles. The van der Waals surface area contributed by atoms with Gasteiger partial charge in [0, 0.05) is 14.1 Å². The zero-order chi connectivity index (χ0) is 12.6. The molecule has 0 spiro atoms. The molecular formula is C8H16N6S2. The van der Waals surface area contributed by atoms with E-state index < -0.39 is 0 Å². The molecule has 0 aliphatic heterocycles. The Morgan fingerprint density at radius 2 is 1.12 bits per heavy atom. The number of thiocarbonyl (C=S) groups is 2. The minimum Gasteiger partial charge on any atom is -0.364 e. The molecule has 0 aromatic heterocycles. The van der Waals surface area contributed by atoms with Crippen molar-refractivity contribution >= 4 is 46.1 Å². The van der Waals surface area contributed by atoms with Crippen molar-refractivity contribution in [2.75, 3.05) is 14.1 Å². The smallest absolute Gasteiger partial charge is 0.186 e. The molecule has 0 aromatic carbocycles. The van der Waals surface area contributed by atoms with Crippen molar-refractivity contribution in [1.29, 1.82) is 0 Å². The molecule has 0 bridgehead atoms. The monoisotopic (exact) mass is 260 g/mol. The van der Waals surface area contributed by atoms with Crippen LogP contribution in [0.2, 0.25) is 0 Å². The molecule has 8 heteroatoms. The van der Waals surface area contributed by atoms with Gasteiger partial charge in [-0.2, -0.15) is 10.2 Å². The fraction of sp³-hybridized carbons (Fsp3) is 0.500. The normalized spacial score (nSPS) is 11.8. The summed E-state index contributed by atoms with van der Waals surface area (Å²) in [6, 6.07) is 0. The Labute approximate surface area is 106 Å². The number of hydrogen-bond acceptors (Lipinski definition) is 4. The van der Waals surface area contributed by atoms with E-state index in [2.05, 4.69) is 31.7 Å². The van der Waals surface area contributed by atoms with Crippen molar-refractivity contribution in [1.82, 2.24) is 21.5 Å². The molecule has 0 aromatic rings. The lowest BCUT2D eigenvalue weighted by molar-refractivity contribution is 0.965. The molecule has 0 amide bonds. The predicted molar refractivity (Wildman–Crippen MR) is 75.8 cm³/mol. The van der Waals surface area contributed by atoms with E-state index in [1.54, 1.807) is 14.1 Å². The summed E-state index contributed by atoms with van der Waals surface area (Å²) in [5, 5.41) is 14.4. The van der Waals surface area contributed by atoms with Crippen LogP contribution in [0.1, 0.15) is 13.8 Å². The SMILES string of the molecule is CNC(=S)N/N=C(C)\C(C)=N\NC(=S)NC. The first-order valence-corrected chi connectivity index (χ1v) is 5.37. The third-order valence-electron chi connectivity index (χ3n) is 1.63. The summed E-state index contributed by atoms with van der Waals surface area (Å²) in [4.78, 5) is 0. The lowest BCUT2D eigenvalue weighted by Gasteiger charge is -2.05. The average molecular weight is 260 g/mol. The zero-order valence-corrected chi connectivity index (χ0v) is 11.3. The molecule has 90 valence electrons. The van der Waals surface area contributed by atoms with Gasteiger partial charge in [-0.3, -0.25) is 10.9 Å². The molecule has 0 unspecified atom stereocenters. The number of hydrazone groups is 2. The van der Waals surface area contributed by atoms with Gasteiger partial charge in [0.1, 0.15) is 0 Å². The maximum atomic E-state index is 4.87. The number of rotatable bonds is 3. The predicted octanol–water partition coefficient (Wildman–Crippen LogP) is -0.0740. The molecule has 0 atom stereocenters. The molecule has 0 aliphatic rings. The molecule has 0 saturated heterocycles. The van der Waals surface area contributed by atoms with E-state index in [1.165, 1.54) is 0 Å². The Morgan fingerprint density at radius 1 is 0.812 bits per heavy atom. The third-order valence-corrected chi connectivity index (χ3v) is 2.22. The highest BCUT2D eigenvalue weighted by atomic mass is 32.1. The molecule has 0 radical (unpaired) electrons. The van der Waals surface area contributed by atoms with Gasteiger partial charge in [0.15, 0.2) is 10.2 Å². The fourth-order valence-electron chi connectivity index (χ4n) is 0.543. The van der Waals surface area contributed by atoms with Crippen LogP contribution >= 0.6 is 24.4 Å². The highest BCUT2D eigenvalue weighted by molar-refractivity contribution is 7.80. The van der Waals surface area contributed by atoms with Gasteiger partial charge >= 0.3 is 0 Å². The largest absolute Gasteiger partial charge is 0.364 e. The van der Waals surface area contributed by atoms with Crippen molar-refractivity contribution < 1.29 is 0 Å². The topological polar surface area (TPSA) is 72.8 Å². The molecule has 16 heavy (non-hydrogen) atoms. The van der Waals surface area contributed by atoms with E-state index in [0.717, 1.165) is 0 Å². The molecule has 0 aliphatic carbocycles. The second-order valence-electron chi connectivity index (χ2n) is 2.78. The molecular weight excluding hydrogens is 244 g/mol. The standard InChI is InChI=1S/C8H16N6S2/c1-5(11-13-7(15)9-3)6(2)12-14-8(16)10-4/h1-4H3,(H2,9,13,15)(H2,10,14,16)/b11-5-,12-6+. The van der Waals surface area contributed by atoms with Crippen LogP contribution in [0.5, 0.6) is 0 Å². The second-order valence-corrected chi connectivity index (χ2v) is 3.59. The Kier molecular flexibility index (Phi) is 7.31. The lowest BCUT2D eigenvalue weighted by atomic mass is 10.3. The van der Waals surface area contributed by atoms with Crippen molar-refractivity contribution in [3.8, 4) is 0 Å². The zero-order valence-electron chi connectivity index (χ0n) is 9.71.